The third kappa shape index (κ3) is 3.27. The standard InChI is InChI=1S/C13H17BrFNO/c1-16-6-4-13(17,5-7-16)9-10-8-11(14)2-3-12(10)15/h2-3,8,17H,4-7,9H2,1H3. The summed E-state index contributed by atoms with van der Waals surface area (Å²) >= 11 is 3.33. The number of halogens is 2. The van der Waals surface area contributed by atoms with Crippen LogP contribution in [0.4, 0.5) is 4.39 Å². The maximum Gasteiger partial charge on any atom is 0.126 e. The molecule has 1 heterocycles. The van der Waals surface area contributed by atoms with Crippen molar-refractivity contribution in [2.24, 2.45) is 0 Å². The lowest BCUT2D eigenvalue weighted by molar-refractivity contribution is -0.0156. The Kier molecular flexibility index (Phi) is 3.85. The smallest absolute Gasteiger partial charge is 0.126 e. The Morgan fingerprint density at radius 3 is 2.71 bits per heavy atom. The van der Waals surface area contributed by atoms with Crippen molar-refractivity contribution in [3.8, 4) is 0 Å². The molecule has 0 bridgehead atoms. The van der Waals surface area contributed by atoms with E-state index in [9.17, 15) is 9.50 Å². The van der Waals surface area contributed by atoms with Gasteiger partial charge in [-0.15, -0.1) is 0 Å². The Bertz CT molecular complexity index is 402. The zero-order valence-electron chi connectivity index (χ0n) is 9.92. The lowest BCUT2D eigenvalue weighted by Crippen LogP contribution is -2.44. The van der Waals surface area contributed by atoms with E-state index in [1.54, 1.807) is 12.1 Å². The van der Waals surface area contributed by atoms with Crippen LogP contribution in [0, 0.1) is 5.82 Å². The highest BCUT2D eigenvalue weighted by atomic mass is 79.9. The lowest BCUT2D eigenvalue weighted by atomic mass is 9.85. The zero-order valence-corrected chi connectivity index (χ0v) is 11.5. The van der Waals surface area contributed by atoms with Crippen LogP contribution < -0.4 is 0 Å². The summed E-state index contributed by atoms with van der Waals surface area (Å²) in [5.74, 6) is -0.236. The molecule has 1 aromatic carbocycles. The van der Waals surface area contributed by atoms with Gasteiger partial charge in [0, 0.05) is 24.0 Å². The predicted octanol–water partition coefficient (Wildman–Crippen LogP) is 2.59. The van der Waals surface area contributed by atoms with Crippen molar-refractivity contribution in [2.45, 2.75) is 24.9 Å². The summed E-state index contributed by atoms with van der Waals surface area (Å²) in [7, 11) is 2.04. The molecule has 1 fully saturated rings. The molecule has 0 spiro atoms. The first kappa shape index (κ1) is 13.0. The highest BCUT2D eigenvalue weighted by Gasteiger charge is 2.32. The number of piperidine rings is 1. The van der Waals surface area contributed by atoms with Gasteiger partial charge in [-0.3, -0.25) is 0 Å². The zero-order chi connectivity index (χ0) is 12.5. The van der Waals surface area contributed by atoms with Crippen LogP contribution in [-0.4, -0.2) is 35.7 Å². The molecule has 2 rings (SSSR count). The van der Waals surface area contributed by atoms with Crippen molar-refractivity contribution >= 4 is 15.9 Å². The minimum absolute atomic E-state index is 0.236. The van der Waals surface area contributed by atoms with E-state index < -0.39 is 5.60 Å². The van der Waals surface area contributed by atoms with Crippen molar-refractivity contribution in [3.05, 3.63) is 34.1 Å². The molecule has 0 aromatic heterocycles. The Morgan fingerprint density at radius 2 is 2.06 bits per heavy atom. The molecule has 0 unspecified atom stereocenters. The fourth-order valence-electron chi connectivity index (χ4n) is 2.24. The van der Waals surface area contributed by atoms with Crippen LogP contribution in [0.1, 0.15) is 18.4 Å². The molecule has 1 aliphatic heterocycles. The van der Waals surface area contributed by atoms with Gasteiger partial charge in [0.15, 0.2) is 0 Å². The first-order chi connectivity index (χ1) is 7.98. The molecule has 2 nitrogen and oxygen atoms in total. The van der Waals surface area contributed by atoms with Crippen LogP contribution in [0.5, 0.6) is 0 Å². The highest BCUT2D eigenvalue weighted by molar-refractivity contribution is 9.10. The van der Waals surface area contributed by atoms with Crippen molar-refractivity contribution < 1.29 is 9.50 Å². The summed E-state index contributed by atoms with van der Waals surface area (Å²) in [4.78, 5) is 2.19. The van der Waals surface area contributed by atoms with E-state index in [0.717, 1.165) is 17.6 Å². The quantitative estimate of drug-likeness (QED) is 0.908. The predicted molar refractivity (Wildman–Crippen MR) is 69.5 cm³/mol. The monoisotopic (exact) mass is 301 g/mol. The van der Waals surface area contributed by atoms with Crippen molar-refractivity contribution in [1.29, 1.82) is 0 Å². The number of rotatable bonds is 2. The average molecular weight is 302 g/mol. The summed E-state index contributed by atoms with van der Waals surface area (Å²) in [5.41, 5.74) is -0.167. The second-order valence-electron chi connectivity index (χ2n) is 4.94. The van der Waals surface area contributed by atoms with Crippen LogP contribution in [0.25, 0.3) is 0 Å². The second kappa shape index (κ2) is 5.04. The number of likely N-dealkylation sites (tertiary alicyclic amines) is 1. The van der Waals surface area contributed by atoms with Crippen LogP contribution in [-0.2, 0) is 6.42 Å². The third-order valence-electron chi connectivity index (χ3n) is 3.45. The SMILES string of the molecule is CN1CCC(O)(Cc2cc(Br)ccc2F)CC1. The number of hydrogen-bond acceptors (Lipinski definition) is 2. The maximum absolute atomic E-state index is 13.6. The Labute approximate surface area is 110 Å². The average Bonchev–Trinajstić information content (AvgIpc) is 2.28. The molecule has 0 amide bonds. The number of aliphatic hydroxyl groups is 1. The third-order valence-corrected chi connectivity index (χ3v) is 3.94. The molecular weight excluding hydrogens is 285 g/mol. The van der Waals surface area contributed by atoms with Crippen molar-refractivity contribution in [1.82, 2.24) is 4.90 Å². The second-order valence-corrected chi connectivity index (χ2v) is 5.86. The van der Waals surface area contributed by atoms with Gasteiger partial charge in [-0.1, -0.05) is 15.9 Å². The molecule has 1 aromatic rings. The van der Waals surface area contributed by atoms with Gasteiger partial charge in [0.1, 0.15) is 5.82 Å². The van der Waals surface area contributed by atoms with Gasteiger partial charge in [-0.2, -0.15) is 0 Å². The summed E-state index contributed by atoms with van der Waals surface area (Å²) in [6, 6.07) is 4.88. The summed E-state index contributed by atoms with van der Waals surface area (Å²) in [5, 5.41) is 10.4. The van der Waals surface area contributed by atoms with E-state index in [1.807, 2.05) is 7.05 Å². The summed E-state index contributed by atoms with van der Waals surface area (Å²) < 4.78 is 14.5. The molecule has 1 N–H and O–H groups in total. The minimum Gasteiger partial charge on any atom is -0.389 e. The molecule has 0 aliphatic carbocycles. The first-order valence-corrected chi connectivity index (χ1v) is 6.63. The Morgan fingerprint density at radius 1 is 1.41 bits per heavy atom. The van der Waals surface area contributed by atoms with Gasteiger partial charge >= 0.3 is 0 Å². The van der Waals surface area contributed by atoms with Crippen molar-refractivity contribution in [2.75, 3.05) is 20.1 Å². The molecule has 0 radical (unpaired) electrons. The summed E-state index contributed by atoms with van der Waals surface area (Å²) in [6.07, 6.45) is 1.80. The molecule has 1 aliphatic rings. The van der Waals surface area contributed by atoms with Crippen LogP contribution in [0.15, 0.2) is 22.7 Å². The van der Waals surface area contributed by atoms with Gasteiger partial charge in [0.05, 0.1) is 5.60 Å². The van der Waals surface area contributed by atoms with E-state index >= 15 is 0 Å². The molecule has 94 valence electrons. The highest BCUT2D eigenvalue weighted by Crippen LogP contribution is 2.28. The normalized spacial score (nSPS) is 20.5. The lowest BCUT2D eigenvalue weighted by Gasteiger charge is -2.36. The Balaban J connectivity index is 2.12. The van der Waals surface area contributed by atoms with E-state index in [1.165, 1.54) is 6.07 Å². The van der Waals surface area contributed by atoms with Gasteiger partial charge in [-0.25, -0.2) is 4.39 Å². The van der Waals surface area contributed by atoms with Crippen LogP contribution in [0.3, 0.4) is 0 Å². The van der Waals surface area contributed by atoms with Gasteiger partial charge < -0.3 is 10.0 Å². The largest absolute Gasteiger partial charge is 0.389 e. The van der Waals surface area contributed by atoms with Gasteiger partial charge in [0.2, 0.25) is 0 Å². The number of hydrogen-bond donors (Lipinski definition) is 1. The molecule has 0 atom stereocenters. The number of benzene rings is 1. The molecule has 17 heavy (non-hydrogen) atoms. The van der Waals surface area contributed by atoms with Gasteiger partial charge in [-0.05, 0) is 43.7 Å². The van der Waals surface area contributed by atoms with Gasteiger partial charge in [0.25, 0.3) is 0 Å². The van der Waals surface area contributed by atoms with Crippen LogP contribution in [0.2, 0.25) is 0 Å². The minimum atomic E-state index is -0.756. The Hall–Kier alpha value is -0.450. The molecule has 0 saturated carbocycles. The van der Waals surface area contributed by atoms with E-state index in [4.69, 9.17) is 0 Å². The van der Waals surface area contributed by atoms with E-state index in [2.05, 4.69) is 20.8 Å². The van der Waals surface area contributed by atoms with Crippen molar-refractivity contribution in [3.63, 3.8) is 0 Å². The maximum atomic E-state index is 13.6. The fourth-order valence-corrected chi connectivity index (χ4v) is 2.65. The molecule has 4 heteroatoms. The molecule has 1 saturated heterocycles. The van der Waals surface area contributed by atoms with Crippen LogP contribution >= 0.6 is 15.9 Å². The van der Waals surface area contributed by atoms with E-state index in [0.29, 0.717) is 24.8 Å². The molecular formula is C13H17BrFNO. The summed E-state index contributed by atoms with van der Waals surface area (Å²) in [6.45, 7) is 1.73. The topological polar surface area (TPSA) is 23.5 Å². The first-order valence-electron chi connectivity index (χ1n) is 5.83. The van der Waals surface area contributed by atoms with E-state index in [-0.39, 0.29) is 5.82 Å². The number of nitrogens with zero attached hydrogens (tertiary/aromatic N) is 1. The fraction of sp³-hybridized carbons (Fsp3) is 0.538.